The van der Waals surface area contributed by atoms with Gasteiger partial charge in [-0.25, -0.2) is 0 Å². The predicted molar refractivity (Wildman–Crippen MR) is 95.4 cm³/mol. The van der Waals surface area contributed by atoms with Crippen LogP contribution in [0.25, 0.3) is 0 Å². The van der Waals surface area contributed by atoms with E-state index in [4.69, 9.17) is 14.2 Å². The Morgan fingerprint density at radius 3 is 2.74 bits per heavy atom. The van der Waals surface area contributed by atoms with Crippen molar-refractivity contribution in [3.63, 3.8) is 0 Å². The van der Waals surface area contributed by atoms with E-state index in [1.807, 2.05) is 12.1 Å². The van der Waals surface area contributed by atoms with Crippen molar-refractivity contribution in [2.24, 2.45) is 0 Å². The first-order chi connectivity index (χ1) is 11.2. The normalized spacial score (nSPS) is 15.6. The van der Waals surface area contributed by atoms with Gasteiger partial charge in [0.2, 0.25) is 0 Å². The third-order valence-corrected chi connectivity index (χ3v) is 4.56. The average molecular weight is 387 g/mol. The summed E-state index contributed by atoms with van der Waals surface area (Å²) in [6.07, 6.45) is 0.978. The molecule has 6 heteroatoms. The Bertz CT molecular complexity index is 479. The number of halogens is 1. The molecular formula is C17H27BrN2O3. The molecule has 1 aliphatic rings. The van der Waals surface area contributed by atoms with Gasteiger partial charge in [-0.3, -0.25) is 4.90 Å². The van der Waals surface area contributed by atoms with Gasteiger partial charge in [-0.1, -0.05) is 22.9 Å². The van der Waals surface area contributed by atoms with Crippen LogP contribution in [-0.2, 0) is 11.3 Å². The van der Waals surface area contributed by atoms with E-state index in [-0.39, 0.29) is 0 Å². The number of benzene rings is 1. The molecule has 1 aliphatic heterocycles. The number of nitrogens with zero attached hydrogens (tertiary/aromatic N) is 1. The quantitative estimate of drug-likeness (QED) is 0.660. The lowest BCUT2D eigenvalue weighted by Gasteiger charge is -2.26. The van der Waals surface area contributed by atoms with E-state index < -0.39 is 0 Å². The lowest BCUT2D eigenvalue weighted by molar-refractivity contribution is 0.0384. The number of rotatable bonds is 9. The number of morpholine rings is 1. The van der Waals surface area contributed by atoms with Gasteiger partial charge in [-0.15, -0.1) is 0 Å². The van der Waals surface area contributed by atoms with E-state index in [0.29, 0.717) is 6.61 Å². The second-order valence-electron chi connectivity index (χ2n) is 5.57. The molecule has 1 fully saturated rings. The largest absolute Gasteiger partial charge is 0.493 e. The zero-order valence-corrected chi connectivity index (χ0v) is 15.7. The van der Waals surface area contributed by atoms with E-state index in [1.54, 1.807) is 7.11 Å². The highest BCUT2D eigenvalue weighted by molar-refractivity contribution is 9.10. The molecule has 1 aromatic carbocycles. The fraction of sp³-hybridized carbons (Fsp3) is 0.647. The third-order valence-electron chi connectivity index (χ3n) is 3.82. The molecule has 0 aliphatic carbocycles. The molecule has 0 atom stereocenters. The Morgan fingerprint density at radius 2 is 2.04 bits per heavy atom. The second kappa shape index (κ2) is 10.1. The first-order valence-electron chi connectivity index (χ1n) is 8.24. The van der Waals surface area contributed by atoms with Crippen molar-refractivity contribution in [3.8, 4) is 11.5 Å². The Labute approximate surface area is 147 Å². The zero-order chi connectivity index (χ0) is 16.5. The van der Waals surface area contributed by atoms with Gasteiger partial charge in [0.25, 0.3) is 0 Å². The molecule has 23 heavy (non-hydrogen) atoms. The number of nitrogens with one attached hydrogen (secondary N) is 1. The Kier molecular flexibility index (Phi) is 8.16. The molecular weight excluding hydrogens is 360 g/mol. The minimum Gasteiger partial charge on any atom is -0.493 e. The highest BCUT2D eigenvalue weighted by Gasteiger charge is 2.11. The van der Waals surface area contributed by atoms with Crippen LogP contribution in [0.3, 0.4) is 0 Å². The molecule has 2 rings (SSSR count). The van der Waals surface area contributed by atoms with Gasteiger partial charge in [0, 0.05) is 37.2 Å². The van der Waals surface area contributed by atoms with Crippen LogP contribution >= 0.6 is 15.9 Å². The lowest BCUT2D eigenvalue weighted by Crippen LogP contribution is -2.40. The Hall–Kier alpha value is -0.820. The summed E-state index contributed by atoms with van der Waals surface area (Å²) in [7, 11) is 1.68. The standard InChI is InChI=1S/C17H27BrN2O3/c1-3-8-23-17-12-15(18)14(11-16(17)21-2)13-19-4-5-20-6-9-22-10-7-20/h11-12,19H,3-10,13H2,1-2H3. The number of hydrogen-bond acceptors (Lipinski definition) is 5. The van der Waals surface area contributed by atoms with Crippen molar-refractivity contribution in [2.75, 3.05) is 53.1 Å². The maximum atomic E-state index is 5.72. The van der Waals surface area contributed by atoms with Crippen LogP contribution in [0, 0.1) is 0 Å². The first-order valence-corrected chi connectivity index (χ1v) is 9.04. The highest BCUT2D eigenvalue weighted by atomic mass is 79.9. The fourth-order valence-corrected chi connectivity index (χ4v) is 2.94. The zero-order valence-electron chi connectivity index (χ0n) is 14.1. The molecule has 130 valence electrons. The Balaban J connectivity index is 1.83. The molecule has 5 nitrogen and oxygen atoms in total. The minimum atomic E-state index is 0.694. The van der Waals surface area contributed by atoms with Gasteiger partial charge in [0.1, 0.15) is 0 Å². The van der Waals surface area contributed by atoms with Crippen LogP contribution in [0.2, 0.25) is 0 Å². The number of ether oxygens (including phenoxy) is 3. The molecule has 0 aromatic heterocycles. The molecule has 1 heterocycles. The van der Waals surface area contributed by atoms with Crippen molar-refractivity contribution in [2.45, 2.75) is 19.9 Å². The molecule has 1 saturated heterocycles. The Morgan fingerprint density at radius 1 is 1.26 bits per heavy atom. The summed E-state index contributed by atoms with van der Waals surface area (Å²) in [5.74, 6) is 1.57. The molecule has 1 N–H and O–H groups in total. The summed E-state index contributed by atoms with van der Waals surface area (Å²) in [6, 6.07) is 4.03. The maximum absolute atomic E-state index is 5.72. The van der Waals surface area contributed by atoms with Crippen LogP contribution < -0.4 is 14.8 Å². The summed E-state index contributed by atoms with van der Waals surface area (Å²) in [6.45, 7) is 9.36. The van der Waals surface area contributed by atoms with Crippen molar-refractivity contribution in [1.82, 2.24) is 10.2 Å². The molecule has 0 radical (unpaired) electrons. The predicted octanol–water partition coefficient (Wildman–Crippen LogP) is 2.67. The molecule has 0 unspecified atom stereocenters. The molecule has 0 saturated carbocycles. The number of methoxy groups -OCH3 is 1. The summed E-state index contributed by atoms with van der Waals surface area (Å²) >= 11 is 3.63. The molecule has 0 amide bonds. The second-order valence-corrected chi connectivity index (χ2v) is 6.43. The van der Waals surface area contributed by atoms with Crippen molar-refractivity contribution in [3.05, 3.63) is 22.2 Å². The average Bonchev–Trinajstić information content (AvgIpc) is 2.59. The van der Waals surface area contributed by atoms with Crippen LogP contribution in [0.15, 0.2) is 16.6 Å². The number of hydrogen-bond donors (Lipinski definition) is 1. The summed E-state index contributed by atoms with van der Waals surface area (Å²) in [5, 5.41) is 3.49. The van der Waals surface area contributed by atoms with Crippen LogP contribution in [-0.4, -0.2) is 58.0 Å². The van der Waals surface area contributed by atoms with E-state index in [0.717, 1.165) is 68.3 Å². The molecule has 0 bridgehead atoms. The van der Waals surface area contributed by atoms with Gasteiger partial charge >= 0.3 is 0 Å². The minimum absolute atomic E-state index is 0.694. The first kappa shape index (κ1) is 18.5. The van der Waals surface area contributed by atoms with E-state index in [2.05, 4.69) is 33.1 Å². The smallest absolute Gasteiger partial charge is 0.162 e. The van der Waals surface area contributed by atoms with E-state index >= 15 is 0 Å². The molecule has 0 spiro atoms. The van der Waals surface area contributed by atoms with E-state index in [9.17, 15) is 0 Å². The lowest BCUT2D eigenvalue weighted by atomic mass is 10.2. The summed E-state index contributed by atoms with van der Waals surface area (Å²) in [4.78, 5) is 2.42. The van der Waals surface area contributed by atoms with Gasteiger partial charge in [0.05, 0.1) is 26.9 Å². The fourth-order valence-electron chi connectivity index (χ4n) is 2.48. The van der Waals surface area contributed by atoms with Crippen molar-refractivity contribution >= 4 is 15.9 Å². The summed E-state index contributed by atoms with van der Waals surface area (Å²) in [5.41, 5.74) is 1.17. The van der Waals surface area contributed by atoms with Gasteiger partial charge < -0.3 is 19.5 Å². The summed E-state index contributed by atoms with van der Waals surface area (Å²) < 4.78 is 17.6. The van der Waals surface area contributed by atoms with Crippen LogP contribution in [0.4, 0.5) is 0 Å². The van der Waals surface area contributed by atoms with E-state index in [1.165, 1.54) is 5.56 Å². The van der Waals surface area contributed by atoms with Crippen molar-refractivity contribution < 1.29 is 14.2 Å². The van der Waals surface area contributed by atoms with Gasteiger partial charge in [0.15, 0.2) is 11.5 Å². The van der Waals surface area contributed by atoms with Gasteiger partial charge in [-0.2, -0.15) is 0 Å². The third kappa shape index (κ3) is 5.95. The maximum Gasteiger partial charge on any atom is 0.162 e. The molecule has 1 aromatic rings. The van der Waals surface area contributed by atoms with Crippen LogP contribution in [0.1, 0.15) is 18.9 Å². The SMILES string of the molecule is CCCOc1cc(Br)c(CNCCN2CCOCC2)cc1OC. The van der Waals surface area contributed by atoms with Crippen LogP contribution in [0.5, 0.6) is 11.5 Å². The highest BCUT2D eigenvalue weighted by Crippen LogP contribution is 2.33. The van der Waals surface area contributed by atoms with Crippen molar-refractivity contribution in [1.29, 1.82) is 0 Å². The van der Waals surface area contributed by atoms with Gasteiger partial charge in [-0.05, 0) is 24.1 Å². The topological polar surface area (TPSA) is 43.0 Å². The monoisotopic (exact) mass is 386 g/mol.